The zero-order chi connectivity index (χ0) is 12.3. The smallest absolute Gasteiger partial charge is 0.158 e. The molecule has 0 fully saturated rings. The Morgan fingerprint density at radius 1 is 1.18 bits per heavy atom. The van der Waals surface area contributed by atoms with Gasteiger partial charge >= 0.3 is 0 Å². The van der Waals surface area contributed by atoms with Crippen LogP contribution < -0.4 is 0 Å². The standard InChI is InChI=1S/C12H9N5/c1-9-8-17(16-15-9)12-4-2-10(3-5-12)11(6-13)7-14/h2-5,8,11H,1H3. The molecule has 0 unspecified atom stereocenters. The molecule has 1 heterocycles. The fraction of sp³-hybridized carbons (Fsp3) is 0.167. The Kier molecular flexibility index (Phi) is 2.85. The van der Waals surface area contributed by atoms with Gasteiger partial charge in [-0.05, 0) is 24.6 Å². The molecule has 5 heteroatoms. The zero-order valence-electron chi connectivity index (χ0n) is 9.20. The number of aryl methyl sites for hydroxylation is 1. The van der Waals surface area contributed by atoms with Gasteiger partial charge < -0.3 is 0 Å². The van der Waals surface area contributed by atoms with Gasteiger partial charge in [0.1, 0.15) is 0 Å². The summed E-state index contributed by atoms with van der Waals surface area (Å²) in [4.78, 5) is 0. The van der Waals surface area contributed by atoms with Crippen LogP contribution in [0.15, 0.2) is 30.5 Å². The Morgan fingerprint density at radius 3 is 2.29 bits per heavy atom. The van der Waals surface area contributed by atoms with Crippen LogP contribution in [-0.4, -0.2) is 15.0 Å². The fourth-order valence-corrected chi connectivity index (χ4v) is 1.47. The molecule has 82 valence electrons. The van der Waals surface area contributed by atoms with E-state index in [0.29, 0.717) is 5.56 Å². The van der Waals surface area contributed by atoms with Gasteiger partial charge in [-0.3, -0.25) is 0 Å². The third-order valence-corrected chi connectivity index (χ3v) is 2.36. The predicted octanol–water partition coefficient (Wildman–Crippen LogP) is 1.71. The lowest BCUT2D eigenvalue weighted by Gasteiger charge is -2.03. The normalized spacial score (nSPS) is 9.88. The van der Waals surface area contributed by atoms with Crippen molar-refractivity contribution < 1.29 is 0 Å². The highest BCUT2D eigenvalue weighted by Gasteiger charge is 2.08. The molecule has 0 aliphatic carbocycles. The monoisotopic (exact) mass is 223 g/mol. The van der Waals surface area contributed by atoms with Crippen molar-refractivity contribution in [2.75, 3.05) is 0 Å². The van der Waals surface area contributed by atoms with Crippen LogP contribution >= 0.6 is 0 Å². The zero-order valence-corrected chi connectivity index (χ0v) is 9.20. The molecule has 0 atom stereocenters. The SMILES string of the molecule is Cc1cn(-c2ccc(C(C#N)C#N)cc2)nn1. The van der Waals surface area contributed by atoms with Gasteiger partial charge in [0, 0.05) is 0 Å². The lowest BCUT2D eigenvalue weighted by atomic mass is 10.0. The van der Waals surface area contributed by atoms with E-state index in [-0.39, 0.29) is 0 Å². The van der Waals surface area contributed by atoms with Crippen molar-refractivity contribution >= 4 is 0 Å². The highest BCUT2D eigenvalue weighted by atomic mass is 15.4. The summed E-state index contributed by atoms with van der Waals surface area (Å²) in [5, 5.41) is 25.4. The van der Waals surface area contributed by atoms with Crippen LogP contribution in [0.4, 0.5) is 0 Å². The summed E-state index contributed by atoms with van der Waals surface area (Å²) >= 11 is 0. The minimum absolute atomic E-state index is 0.690. The van der Waals surface area contributed by atoms with Gasteiger partial charge in [-0.15, -0.1) is 5.10 Å². The van der Waals surface area contributed by atoms with Crippen molar-refractivity contribution in [3.8, 4) is 17.8 Å². The summed E-state index contributed by atoms with van der Waals surface area (Å²) in [6, 6.07) is 11.0. The van der Waals surface area contributed by atoms with Crippen molar-refractivity contribution in [3.05, 3.63) is 41.7 Å². The van der Waals surface area contributed by atoms with E-state index >= 15 is 0 Å². The van der Waals surface area contributed by atoms with E-state index in [0.717, 1.165) is 11.4 Å². The number of hydrogen-bond acceptors (Lipinski definition) is 4. The number of nitriles is 2. The minimum atomic E-state index is -0.721. The average Bonchev–Trinajstić information content (AvgIpc) is 2.78. The summed E-state index contributed by atoms with van der Waals surface area (Å²) in [6.07, 6.45) is 1.81. The van der Waals surface area contributed by atoms with Gasteiger partial charge in [-0.1, -0.05) is 17.3 Å². The van der Waals surface area contributed by atoms with Crippen molar-refractivity contribution in [2.24, 2.45) is 0 Å². The molecule has 1 aromatic carbocycles. The molecule has 0 bridgehead atoms. The van der Waals surface area contributed by atoms with Crippen LogP contribution in [-0.2, 0) is 0 Å². The van der Waals surface area contributed by atoms with Crippen LogP contribution in [0.1, 0.15) is 17.2 Å². The van der Waals surface area contributed by atoms with E-state index in [9.17, 15) is 0 Å². The largest absolute Gasteiger partial charge is 0.220 e. The van der Waals surface area contributed by atoms with E-state index < -0.39 is 5.92 Å². The van der Waals surface area contributed by atoms with Gasteiger partial charge in [0.25, 0.3) is 0 Å². The maximum atomic E-state index is 8.77. The first kappa shape index (κ1) is 10.8. The van der Waals surface area contributed by atoms with Crippen molar-refractivity contribution in [3.63, 3.8) is 0 Å². The average molecular weight is 223 g/mol. The maximum absolute atomic E-state index is 8.77. The Bertz CT molecular complexity index is 583. The first-order valence-corrected chi connectivity index (χ1v) is 5.03. The van der Waals surface area contributed by atoms with Crippen LogP contribution in [0.5, 0.6) is 0 Å². The van der Waals surface area contributed by atoms with Crippen molar-refractivity contribution in [1.82, 2.24) is 15.0 Å². The van der Waals surface area contributed by atoms with E-state index in [4.69, 9.17) is 10.5 Å². The summed E-state index contributed by atoms with van der Waals surface area (Å²) in [5.41, 5.74) is 2.38. The van der Waals surface area contributed by atoms with Crippen LogP contribution in [0, 0.1) is 29.6 Å². The molecule has 17 heavy (non-hydrogen) atoms. The summed E-state index contributed by atoms with van der Waals surface area (Å²) in [6.45, 7) is 1.86. The van der Waals surface area contributed by atoms with E-state index in [1.165, 1.54) is 0 Å². The molecular formula is C12H9N5. The number of hydrogen-bond donors (Lipinski definition) is 0. The van der Waals surface area contributed by atoms with Gasteiger partial charge in [0.15, 0.2) is 5.92 Å². The summed E-state index contributed by atoms with van der Waals surface area (Å²) in [5.74, 6) is -0.721. The molecular weight excluding hydrogens is 214 g/mol. The number of rotatable bonds is 2. The van der Waals surface area contributed by atoms with Gasteiger partial charge in [0.05, 0.1) is 29.7 Å². The second-order valence-corrected chi connectivity index (χ2v) is 3.59. The van der Waals surface area contributed by atoms with E-state index in [1.807, 2.05) is 31.2 Å². The minimum Gasteiger partial charge on any atom is -0.220 e. The van der Waals surface area contributed by atoms with E-state index in [1.54, 1.807) is 23.0 Å². The molecule has 0 amide bonds. The van der Waals surface area contributed by atoms with Crippen LogP contribution in [0.2, 0.25) is 0 Å². The second kappa shape index (κ2) is 4.46. The Morgan fingerprint density at radius 2 is 1.82 bits per heavy atom. The lowest BCUT2D eigenvalue weighted by molar-refractivity contribution is 0.800. The molecule has 0 aliphatic heterocycles. The number of aromatic nitrogens is 3. The first-order valence-electron chi connectivity index (χ1n) is 5.03. The second-order valence-electron chi connectivity index (χ2n) is 3.59. The first-order chi connectivity index (χ1) is 8.24. The maximum Gasteiger partial charge on any atom is 0.158 e. The Hall–Kier alpha value is -2.66. The third kappa shape index (κ3) is 2.14. The molecule has 0 saturated heterocycles. The molecule has 2 rings (SSSR count). The highest BCUT2D eigenvalue weighted by molar-refractivity contribution is 5.39. The molecule has 0 saturated carbocycles. The van der Waals surface area contributed by atoms with Crippen molar-refractivity contribution in [2.45, 2.75) is 12.8 Å². The summed E-state index contributed by atoms with van der Waals surface area (Å²) < 4.78 is 1.65. The van der Waals surface area contributed by atoms with Gasteiger partial charge in [-0.2, -0.15) is 10.5 Å². The molecule has 0 spiro atoms. The van der Waals surface area contributed by atoms with Gasteiger partial charge in [-0.25, -0.2) is 4.68 Å². The third-order valence-electron chi connectivity index (χ3n) is 2.36. The molecule has 5 nitrogen and oxygen atoms in total. The lowest BCUT2D eigenvalue weighted by Crippen LogP contribution is -1.97. The quantitative estimate of drug-likeness (QED) is 0.776. The van der Waals surface area contributed by atoms with Crippen molar-refractivity contribution in [1.29, 1.82) is 10.5 Å². The van der Waals surface area contributed by atoms with Crippen LogP contribution in [0.3, 0.4) is 0 Å². The van der Waals surface area contributed by atoms with E-state index in [2.05, 4.69) is 10.3 Å². The highest BCUT2D eigenvalue weighted by Crippen LogP contribution is 2.16. The Labute approximate surface area is 98.5 Å². The van der Waals surface area contributed by atoms with Crippen LogP contribution in [0.25, 0.3) is 5.69 Å². The fourth-order valence-electron chi connectivity index (χ4n) is 1.47. The Balaban J connectivity index is 2.31. The molecule has 1 aromatic heterocycles. The topological polar surface area (TPSA) is 78.3 Å². The molecule has 0 aliphatic rings. The molecule has 2 aromatic rings. The van der Waals surface area contributed by atoms with Gasteiger partial charge in [0.2, 0.25) is 0 Å². The molecule has 0 radical (unpaired) electrons. The number of benzene rings is 1. The summed E-state index contributed by atoms with van der Waals surface area (Å²) in [7, 11) is 0. The predicted molar refractivity (Wildman–Crippen MR) is 60.1 cm³/mol. The molecule has 0 N–H and O–H groups in total. The number of nitrogens with zero attached hydrogens (tertiary/aromatic N) is 5.